The SMILES string of the molecule is CCCC(c1ccc(C(=O)Nc2n[nH][nH]2)cc1)N1C(=O)C(c2cc(Cl)cc(Cl)c2)=NC12CCCCC2. The molecule has 188 valence electrons. The van der Waals surface area contributed by atoms with Crippen molar-refractivity contribution in [2.24, 2.45) is 4.99 Å². The Bertz CT molecular complexity index is 1260. The molecular weight excluding hydrogens is 499 g/mol. The van der Waals surface area contributed by atoms with E-state index in [0.717, 1.165) is 50.5 Å². The molecule has 0 saturated heterocycles. The van der Waals surface area contributed by atoms with E-state index >= 15 is 0 Å². The number of aromatic nitrogens is 3. The summed E-state index contributed by atoms with van der Waals surface area (Å²) in [6.07, 6.45) is 6.48. The minimum Gasteiger partial charge on any atom is -0.305 e. The number of rotatable bonds is 7. The second-order valence-corrected chi connectivity index (χ2v) is 10.3. The van der Waals surface area contributed by atoms with Crippen LogP contribution in [0.25, 0.3) is 0 Å². The first-order valence-corrected chi connectivity index (χ1v) is 13.1. The molecule has 1 aromatic heterocycles. The first-order valence-electron chi connectivity index (χ1n) is 12.3. The molecule has 1 aliphatic heterocycles. The molecule has 10 heteroatoms. The van der Waals surface area contributed by atoms with Gasteiger partial charge >= 0.3 is 0 Å². The monoisotopic (exact) mass is 526 g/mol. The number of carbonyl (C=O) groups excluding carboxylic acids is 2. The van der Waals surface area contributed by atoms with E-state index in [4.69, 9.17) is 28.2 Å². The Morgan fingerprint density at radius 3 is 2.36 bits per heavy atom. The zero-order valence-corrected chi connectivity index (χ0v) is 21.5. The van der Waals surface area contributed by atoms with Crippen LogP contribution in [0.1, 0.15) is 79.4 Å². The van der Waals surface area contributed by atoms with Crippen LogP contribution in [0.15, 0.2) is 47.5 Å². The van der Waals surface area contributed by atoms with E-state index in [1.54, 1.807) is 30.3 Å². The van der Waals surface area contributed by atoms with Gasteiger partial charge in [-0.3, -0.25) is 25.0 Å². The topological polar surface area (TPSA) is 106 Å². The highest BCUT2D eigenvalue weighted by atomic mass is 35.5. The van der Waals surface area contributed by atoms with Crippen molar-refractivity contribution < 1.29 is 9.59 Å². The number of nitrogens with zero attached hydrogens (tertiary/aromatic N) is 3. The summed E-state index contributed by atoms with van der Waals surface area (Å²) in [7, 11) is 0. The molecule has 0 radical (unpaired) electrons. The summed E-state index contributed by atoms with van der Waals surface area (Å²) >= 11 is 12.5. The van der Waals surface area contributed by atoms with Crippen molar-refractivity contribution in [3.8, 4) is 0 Å². The summed E-state index contributed by atoms with van der Waals surface area (Å²) in [5.41, 5.74) is 1.97. The van der Waals surface area contributed by atoms with Crippen molar-refractivity contribution in [1.29, 1.82) is 0 Å². The molecule has 1 unspecified atom stereocenters. The van der Waals surface area contributed by atoms with Crippen LogP contribution in [-0.4, -0.2) is 43.5 Å². The molecule has 1 saturated carbocycles. The molecule has 36 heavy (non-hydrogen) atoms. The summed E-state index contributed by atoms with van der Waals surface area (Å²) in [6, 6.07) is 12.4. The molecule has 1 spiro atoms. The molecule has 5 rings (SSSR count). The Hall–Kier alpha value is -3.10. The lowest BCUT2D eigenvalue weighted by Gasteiger charge is -2.44. The predicted molar refractivity (Wildman–Crippen MR) is 141 cm³/mol. The minimum absolute atomic E-state index is 0.0999. The molecule has 1 atom stereocenters. The smallest absolute Gasteiger partial charge is 0.275 e. The number of anilines is 1. The summed E-state index contributed by atoms with van der Waals surface area (Å²) in [5.74, 6) is 0.0171. The fraction of sp³-hybridized carbons (Fsp3) is 0.385. The van der Waals surface area contributed by atoms with Gasteiger partial charge in [0, 0.05) is 21.2 Å². The standard InChI is InChI=1S/C26H28Cl2N6O2/c1-2-6-21(16-7-9-17(10-8-16)23(35)29-25-31-33-32-25)34-24(36)22(18-13-19(27)15-20(28)14-18)30-26(34)11-4-3-5-12-26/h7-10,13-15,21,33H,2-6,11-12H2,1H3,(H2,29,31,32,35). The van der Waals surface area contributed by atoms with E-state index in [0.29, 0.717) is 32.8 Å². The van der Waals surface area contributed by atoms with Crippen molar-refractivity contribution in [3.05, 3.63) is 69.2 Å². The largest absolute Gasteiger partial charge is 0.305 e. The zero-order valence-electron chi connectivity index (χ0n) is 20.0. The van der Waals surface area contributed by atoms with E-state index in [9.17, 15) is 9.59 Å². The number of carbonyl (C=O) groups is 2. The molecule has 1 fully saturated rings. The fourth-order valence-corrected chi connectivity index (χ4v) is 5.85. The Kier molecular flexibility index (Phi) is 6.90. The van der Waals surface area contributed by atoms with Gasteiger partial charge in [0.15, 0.2) is 0 Å². The average molecular weight is 527 g/mol. The summed E-state index contributed by atoms with van der Waals surface area (Å²) < 4.78 is 0. The highest BCUT2D eigenvalue weighted by molar-refractivity contribution is 6.47. The number of hydrogen-bond acceptors (Lipinski definition) is 4. The number of H-pyrrole nitrogens is 2. The highest BCUT2D eigenvalue weighted by Gasteiger charge is 2.50. The van der Waals surface area contributed by atoms with Crippen molar-refractivity contribution in [3.63, 3.8) is 0 Å². The maximum atomic E-state index is 14.0. The van der Waals surface area contributed by atoms with E-state index in [1.165, 1.54) is 0 Å². The third-order valence-electron chi connectivity index (χ3n) is 6.99. The molecular formula is C26H28Cl2N6O2. The summed E-state index contributed by atoms with van der Waals surface area (Å²) in [6.45, 7) is 2.11. The highest BCUT2D eigenvalue weighted by Crippen LogP contribution is 2.45. The van der Waals surface area contributed by atoms with Crippen molar-refractivity contribution in [2.45, 2.75) is 63.6 Å². The van der Waals surface area contributed by atoms with Crippen LogP contribution in [0.2, 0.25) is 10.0 Å². The molecule has 2 heterocycles. The van der Waals surface area contributed by atoms with Crippen LogP contribution in [-0.2, 0) is 4.79 Å². The van der Waals surface area contributed by atoms with Gasteiger partial charge in [0.25, 0.3) is 11.8 Å². The summed E-state index contributed by atoms with van der Waals surface area (Å²) in [4.78, 5) is 33.6. The van der Waals surface area contributed by atoms with Crippen LogP contribution >= 0.6 is 23.2 Å². The number of hydrogen-bond donors (Lipinski definition) is 3. The number of benzene rings is 2. The van der Waals surface area contributed by atoms with Gasteiger partial charge in [0.1, 0.15) is 11.4 Å². The van der Waals surface area contributed by atoms with E-state index in [1.807, 2.05) is 17.0 Å². The molecule has 1 aliphatic carbocycles. The Morgan fingerprint density at radius 2 is 1.78 bits per heavy atom. The van der Waals surface area contributed by atoms with Crippen LogP contribution in [0.4, 0.5) is 5.95 Å². The zero-order chi connectivity index (χ0) is 25.3. The van der Waals surface area contributed by atoms with Gasteiger partial charge in [-0.2, -0.15) is 0 Å². The van der Waals surface area contributed by atoms with Crippen molar-refractivity contribution in [1.82, 2.24) is 20.3 Å². The van der Waals surface area contributed by atoms with Gasteiger partial charge in [-0.1, -0.05) is 55.1 Å². The van der Waals surface area contributed by atoms with Gasteiger partial charge in [-0.15, -0.1) is 5.10 Å². The third kappa shape index (κ3) is 4.67. The molecule has 3 N–H and O–H groups in total. The van der Waals surface area contributed by atoms with Gasteiger partial charge in [-0.05, 0) is 68.0 Å². The second-order valence-electron chi connectivity index (χ2n) is 9.41. The lowest BCUT2D eigenvalue weighted by atomic mass is 9.86. The first kappa shape index (κ1) is 24.6. The normalized spacial score (nSPS) is 17.9. The number of amides is 2. The van der Waals surface area contributed by atoms with Gasteiger partial charge in [0.05, 0.1) is 6.04 Å². The molecule has 0 bridgehead atoms. The maximum Gasteiger partial charge on any atom is 0.275 e. The fourth-order valence-electron chi connectivity index (χ4n) is 5.32. The number of aliphatic imine (C=N–C) groups is 1. The molecule has 2 amide bonds. The predicted octanol–water partition coefficient (Wildman–Crippen LogP) is 6.13. The number of nitrogens with one attached hydrogen (secondary N) is 3. The van der Waals surface area contributed by atoms with E-state index in [-0.39, 0.29) is 17.9 Å². The quantitative estimate of drug-likeness (QED) is 0.344. The third-order valence-corrected chi connectivity index (χ3v) is 7.42. The number of halogens is 2. The summed E-state index contributed by atoms with van der Waals surface area (Å²) in [5, 5.41) is 12.6. The second kappa shape index (κ2) is 10.1. The number of aromatic amines is 2. The van der Waals surface area contributed by atoms with E-state index in [2.05, 4.69) is 27.7 Å². The molecule has 3 aromatic rings. The van der Waals surface area contributed by atoms with E-state index < -0.39 is 5.66 Å². The van der Waals surface area contributed by atoms with Crippen molar-refractivity contribution in [2.75, 3.05) is 5.32 Å². The van der Waals surface area contributed by atoms with Gasteiger partial charge in [-0.25, -0.2) is 5.21 Å². The molecule has 8 nitrogen and oxygen atoms in total. The van der Waals surface area contributed by atoms with Crippen LogP contribution < -0.4 is 5.32 Å². The molecule has 2 aromatic carbocycles. The van der Waals surface area contributed by atoms with Gasteiger partial charge in [0.2, 0.25) is 5.95 Å². The minimum atomic E-state index is -0.587. The molecule has 2 aliphatic rings. The lowest BCUT2D eigenvalue weighted by molar-refractivity contribution is -0.132. The van der Waals surface area contributed by atoms with Crippen LogP contribution in [0.3, 0.4) is 0 Å². The van der Waals surface area contributed by atoms with Crippen LogP contribution in [0, 0.1) is 0 Å². The Labute approximate surface area is 219 Å². The average Bonchev–Trinajstić information content (AvgIpc) is 3.11. The lowest BCUT2D eigenvalue weighted by Crippen LogP contribution is -2.50. The van der Waals surface area contributed by atoms with Crippen LogP contribution in [0.5, 0.6) is 0 Å². The van der Waals surface area contributed by atoms with Gasteiger partial charge < -0.3 is 4.90 Å². The maximum absolute atomic E-state index is 14.0. The Balaban J connectivity index is 1.49. The Morgan fingerprint density at radius 1 is 1.11 bits per heavy atom. The first-order chi connectivity index (χ1) is 17.4. The van der Waals surface area contributed by atoms with Crippen molar-refractivity contribution >= 4 is 46.7 Å².